The van der Waals surface area contributed by atoms with Crippen LogP contribution in [-0.2, 0) is 19.4 Å². The Bertz CT molecular complexity index is 1070. The van der Waals surface area contributed by atoms with E-state index in [-0.39, 0.29) is 0 Å². The summed E-state index contributed by atoms with van der Waals surface area (Å²) in [4.78, 5) is 12.3. The zero-order valence-electron chi connectivity index (χ0n) is 17.0. The molecule has 0 spiro atoms. The van der Waals surface area contributed by atoms with Gasteiger partial charge in [0.2, 0.25) is 0 Å². The van der Waals surface area contributed by atoms with Gasteiger partial charge >= 0.3 is 6.18 Å². The third-order valence-electron chi connectivity index (χ3n) is 5.28. The zero-order valence-corrected chi connectivity index (χ0v) is 17.8. The van der Waals surface area contributed by atoms with Crippen LogP contribution < -0.4 is 4.90 Å². The molecular formula is C20H22F3N7S. The summed E-state index contributed by atoms with van der Waals surface area (Å²) in [5.74, 6) is 1.36. The van der Waals surface area contributed by atoms with E-state index in [1.54, 1.807) is 12.4 Å². The highest BCUT2D eigenvalue weighted by Gasteiger charge is 2.31. The Morgan fingerprint density at radius 1 is 1.03 bits per heavy atom. The van der Waals surface area contributed by atoms with Gasteiger partial charge in [0.15, 0.2) is 10.6 Å². The number of pyridine rings is 2. The minimum absolute atomic E-state index is 0.554. The molecule has 1 aliphatic heterocycles. The predicted molar refractivity (Wildman–Crippen MR) is 113 cm³/mol. The molecule has 0 atom stereocenters. The van der Waals surface area contributed by atoms with E-state index in [0.717, 1.165) is 36.7 Å². The molecule has 3 aromatic rings. The lowest BCUT2D eigenvalue weighted by Crippen LogP contribution is -2.47. The van der Waals surface area contributed by atoms with Crippen LogP contribution in [0.3, 0.4) is 0 Å². The van der Waals surface area contributed by atoms with E-state index in [1.165, 1.54) is 6.07 Å². The van der Waals surface area contributed by atoms with Crippen molar-refractivity contribution < 1.29 is 13.2 Å². The molecule has 4 rings (SSSR count). The van der Waals surface area contributed by atoms with Gasteiger partial charge < -0.3 is 9.47 Å². The lowest BCUT2D eigenvalue weighted by Gasteiger charge is -2.35. The molecule has 0 amide bonds. The summed E-state index contributed by atoms with van der Waals surface area (Å²) in [7, 11) is 0. The van der Waals surface area contributed by atoms with E-state index >= 15 is 0 Å². The lowest BCUT2D eigenvalue weighted by molar-refractivity contribution is -0.137. The molecule has 1 saturated heterocycles. The van der Waals surface area contributed by atoms with Crippen molar-refractivity contribution >= 4 is 18.0 Å². The van der Waals surface area contributed by atoms with Gasteiger partial charge in [0.1, 0.15) is 5.82 Å². The van der Waals surface area contributed by atoms with Gasteiger partial charge in [-0.15, -0.1) is 0 Å². The Hall–Kier alpha value is -2.79. The first-order valence-electron chi connectivity index (χ1n) is 9.95. The smallest absolute Gasteiger partial charge is 0.354 e. The van der Waals surface area contributed by atoms with Crippen LogP contribution in [0.1, 0.15) is 12.5 Å². The molecule has 0 aromatic carbocycles. The van der Waals surface area contributed by atoms with Crippen LogP contribution in [0.2, 0.25) is 0 Å². The monoisotopic (exact) mass is 449 g/mol. The number of alkyl halides is 3. The summed E-state index contributed by atoms with van der Waals surface area (Å²) >= 11 is 5.63. The molecule has 1 fully saturated rings. The molecule has 164 valence electrons. The van der Waals surface area contributed by atoms with E-state index < -0.39 is 11.7 Å². The van der Waals surface area contributed by atoms with Crippen molar-refractivity contribution in [2.24, 2.45) is 0 Å². The molecule has 0 aliphatic carbocycles. The first-order chi connectivity index (χ1) is 14.9. The molecule has 11 heteroatoms. The van der Waals surface area contributed by atoms with Crippen LogP contribution in [-0.4, -0.2) is 55.4 Å². The Balaban J connectivity index is 1.42. The predicted octanol–water partition coefficient (Wildman–Crippen LogP) is 3.69. The minimum Gasteiger partial charge on any atom is -0.354 e. The fraction of sp³-hybridized carbons (Fsp3) is 0.400. The summed E-state index contributed by atoms with van der Waals surface area (Å²) in [6, 6.07) is 6.32. The van der Waals surface area contributed by atoms with E-state index in [0.29, 0.717) is 36.9 Å². The number of anilines is 1. The Morgan fingerprint density at radius 2 is 1.74 bits per heavy atom. The van der Waals surface area contributed by atoms with Gasteiger partial charge in [-0.3, -0.25) is 9.88 Å². The average Bonchev–Trinajstić information content (AvgIpc) is 3.09. The Labute approximate surface area is 182 Å². The van der Waals surface area contributed by atoms with Gasteiger partial charge in [0, 0.05) is 56.9 Å². The van der Waals surface area contributed by atoms with E-state index in [2.05, 4.69) is 14.9 Å². The van der Waals surface area contributed by atoms with Gasteiger partial charge in [-0.05, 0) is 43.4 Å². The molecule has 4 heterocycles. The van der Waals surface area contributed by atoms with Crippen molar-refractivity contribution in [3.63, 3.8) is 0 Å². The molecule has 0 N–H and O–H groups in total. The quantitative estimate of drug-likeness (QED) is 0.554. The van der Waals surface area contributed by atoms with Crippen LogP contribution in [0, 0.1) is 4.77 Å². The van der Waals surface area contributed by atoms with E-state index in [1.807, 2.05) is 33.2 Å². The van der Waals surface area contributed by atoms with Gasteiger partial charge in [-0.2, -0.15) is 18.3 Å². The molecule has 7 nitrogen and oxygen atoms in total. The summed E-state index contributed by atoms with van der Waals surface area (Å²) in [6.45, 7) is 6.08. The molecule has 0 saturated carbocycles. The normalized spacial score (nSPS) is 15.4. The number of aromatic nitrogens is 5. The highest BCUT2D eigenvalue weighted by Crippen LogP contribution is 2.29. The van der Waals surface area contributed by atoms with Gasteiger partial charge in [0.05, 0.1) is 12.2 Å². The maximum Gasteiger partial charge on any atom is 0.417 e. The standard InChI is InChI=1S/C20H22F3N7S/c1-2-29-18(15-5-7-24-8-6-15)26-30(19(29)31)14-27-9-11-28(12-10-27)17-4-3-16(13-25-17)20(21,22)23/h3-8,13H,2,9-12,14H2,1H3. The maximum atomic E-state index is 12.7. The van der Waals surface area contributed by atoms with Crippen LogP contribution in [0.4, 0.5) is 19.0 Å². The molecule has 0 unspecified atom stereocenters. The summed E-state index contributed by atoms with van der Waals surface area (Å²) in [5.41, 5.74) is 0.223. The van der Waals surface area contributed by atoms with Gasteiger partial charge in [-0.1, -0.05) is 0 Å². The number of hydrogen-bond acceptors (Lipinski definition) is 6. The number of hydrogen-bond donors (Lipinski definition) is 0. The van der Waals surface area contributed by atoms with E-state index in [4.69, 9.17) is 17.3 Å². The highest BCUT2D eigenvalue weighted by atomic mass is 32.1. The number of halogens is 3. The zero-order chi connectivity index (χ0) is 22.0. The maximum absolute atomic E-state index is 12.7. The Kier molecular flexibility index (Phi) is 6.05. The summed E-state index contributed by atoms with van der Waals surface area (Å²) in [6.07, 6.45) is -0.0305. The summed E-state index contributed by atoms with van der Waals surface area (Å²) in [5, 5.41) is 4.73. The first kappa shape index (κ1) is 21.4. The molecule has 31 heavy (non-hydrogen) atoms. The van der Waals surface area contributed by atoms with Crippen LogP contribution >= 0.6 is 12.2 Å². The number of rotatable bonds is 5. The topological polar surface area (TPSA) is 55.0 Å². The second kappa shape index (κ2) is 8.75. The molecule has 1 aliphatic rings. The number of piperazine rings is 1. The van der Waals surface area contributed by atoms with Crippen molar-refractivity contribution in [3.8, 4) is 11.4 Å². The molecule has 0 bridgehead atoms. The fourth-order valence-electron chi connectivity index (χ4n) is 3.58. The lowest BCUT2D eigenvalue weighted by atomic mass is 10.2. The Morgan fingerprint density at radius 3 is 2.32 bits per heavy atom. The summed E-state index contributed by atoms with van der Waals surface area (Å²) < 4.78 is 42.7. The minimum atomic E-state index is -4.37. The fourth-order valence-corrected chi connectivity index (χ4v) is 3.90. The van der Waals surface area contributed by atoms with Crippen LogP contribution in [0.25, 0.3) is 11.4 Å². The number of nitrogens with zero attached hydrogens (tertiary/aromatic N) is 7. The SMILES string of the molecule is CCn1c(-c2ccncc2)nn(CN2CCN(c3ccc(C(F)(F)F)cn3)CC2)c1=S. The second-order valence-electron chi connectivity index (χ2n) is 7.24. The first-order valence-corrected chi connectivity index (χ1v) is 10.4. The van der Waals surface area contributed by atoms with E-state index in [9.17, 15) is 13.2 Å². The van der Waals surface area contributed by atoms with Crippen molar-refractivity contribution in [2.75, 3.05) is 31.1 Å². The third-order valence-corrected chi connectivity index (χ3v) is 5.71. The van der Waals surface area contributed by atoms with Crippen molar-refractivity contribution in [1.82, 2.24) is 29.2 Å². The second-order valence-corrected chi connectivity index (χ2v) is 7.60. The van der Waals surface area contributed by atoms with Gasteiger partial charge in [0.25, 0.3) is 0 Å². The van der Waals surface area contributed by atoms with Crippen molar-refractivity contribution in [1.29, 1.82) is 0 Å². The van der Waals surface area contributed by atoms with Gasteiger partial charge in [-0.25, -0.2) is 9.67 Å². The van der Waals surface area contributed by atoms with Crippen LogP contribution in [0.5, 0.6) is 0 Å². The van der Waals surface area contributed by atoms with Crippen molar-refractivity contribution in [3.05, 3.63) is 53.2 Å². The van der Waals surface area contributed by atoms with Crippen LogP contribution in [0.15, 0.2) is 42.9 Å². The molecule has 3 aromatic heterocycles. The highest BCUT2D eigenvalue weighted by molar-refractivity contribution is 7.71. The third kappa shape index (κ3) is 4.62. The van der Waals surface area contributed by atoms with Crippen molar-refractivity contribution in [2.45, 2.75) is 26.3 Å². The molecular weight excluding hydrogens is 427 g/mol. The average molecular weight is 450 g/mol. The largest absolute Gasteiger partial charge is 0.417 e. The molecule has 0 radical (unpaired) electrons.